The van der Waals surface area contributed by atoms with E-state index in [1.165, 1.54) is 10.4 Å². The number of nitrogens with one attached hydrogen (secondary N) is 1. The molecule has 0 unspecified atom stereocenters. The minimum absolute atomic E-state index is 0.0177. The number of hydrogen-bond acceptors (Lipinski definition) is 3. The Balaban J connectivity index is 2.66. The van der Waals surface area contributed by atoms with Gasteiger partial charge in [-0.25, -0.2) is 0 Å². The van der Waals surface area contributed by atoms with Crippen LogP contribution in [0.25, 0.3) is 0 Å². The molecule has 17 heavy (non-hydrogen) atoms. The predicted molar refractivity (Wildman–Crippen MR) is 71.9 cm³/mol. The van der Waals surface area contributed by atoms with Gasteiger partial charge in [0.2, 0.25) is 0 Å². The highest BCUT2D eigenvalue weighted by Crippen LogP contribution is 2.24. The summed E-state index contributed by atoms with van der Waals surface area (Å²) in [7, 11) is 1.63. The lowest BCUT2D eigenvalue weighted by molar-refractivity contribution is 0.0941. The van der Waals surface area contributed by atoms with Crippen molar-refractivity contribution in [1.82, 2.24) is 5.32 Å². The van der Waals surface area contributed by atoms with Gasteiger partial charge in [0, 0.05) is 18.5 Å². The van der Waals surface area contributed by atoms with Crippen molar-refractivity contribution >= 4 is 17.2 Å². The van der Waals surface area contributed by atoms with Crippen LogP contribution < -0.4 is 5.32 Å². The Kier molecular flexibility index (Phi) is 6.22. The molecule has 3 nitrogen and oxygen atoms in total. The maximum atomic E-state index is 11.8. The smallest absolute Gasteiger partial charge is 0.261 e. The lowest BCUT2D eigenvalue weighted by Gasteiger charge is -2.01. The van der Waals surface area contributed by atoms with Crippen molar-refractivity contribution in [2.45, 2.75) is 33.1 Å². The van der Waals surface area contributed by atoms with Gasteiger partial charge >= 0.3 is 0 Å². The maximum Gasteiger partial charge on any atom is 0.261 e. The number of carbonyl (C=O) groups excluding carboxylic acids is 1. The van der Waals surface area contributed by atoms with E-state index in [9.17, 15) is 4.79 Å². The summed E-state index contributed by atoms with van der Waals surface area (Å²) >= 11 is 1.62. The maximum absolute atomic E-state index is 11.8. The first kappa shape index (κ1) is 14.2. The normalized spacial score (nSPS) is 10.5. The molecule has 0 saturated carbocycles. The first-order chi connectivity index (χ1) is 8.22. The summed E-state index contributed by atoms with van der Waals surface area (Å²) in [6, 6.07) is 2.03. The Bertz CT molecular complexity index is 360. The lowest BCUT2D eigenvalue weighted by Crippen LogP contribution is -2.26. The molecule has 0 aromatic carbocycles. The summed E-state index contributed by atoms with van der Waals surface area (Å²) in [6.07, 6.45) is 3.19. The van der Waals surface area contributed by atoms with Gasteiger partial charge in [-0.3, -0.25) is 4.79 Å². The summed E-state index contributed by atoms with van der Waals surface area (Å²) in [4.78, 5) is 14.0. The van der Waals surface area contributed by atoms with Gasteiger partial charge in [0.15, 0.2) is 0 Å². The van der Waals surface area contributed by atoms with Gasteiger partial charge in [-0.05, 0) is 24.5 Å². The molecule has 1 amide bonds. The molecule has 1 N–H and O–H groups in total. The zero-order valence-electron chi connectivity index (χ0n) is 10.8. The van der Waals surface area contributed by atoms with Crippen LogP contribution in [0.2, 0.25) is 0 Å². The molecule has 4 heteroatoms. The Morgan fingerprint density at radius 3 is 2.82 bits per heavy atom. The number of aryl methyl sites for hydroxylation is 2. The molecule has 0 fully saturated rings. The largest absolute Gasteiger partial charge is 0.383 e. The van der Waals surface area contributed by atoms with E-state index < -0.39 is 0 Å². The monoisotopic (exact) mass is 255 g/mol. The Hall–Kier alpha value is -0.870. The molecule has 0 aliphatic rings. The molecule has 0 atom stereocenters. The van der Waals surface area contributed by atoms with E-state index in [1.54, 1.807) is 18.4 Å². The molecular formula is C13H21NO2S. The summed E-state index contributed by atoms with van der Waals surface area (Å²) < 4.78 is 4.91. The molecule has 1 aromatic heterocycles. The molecule has 0 radical (unpaired) electrons. The number of rotatable bonds is 7. The third-order valence-corrected chi connectivity index (χ3v) is 3.81. The number of amides is 1. The van der Waals surface area contributed by atoms with Crippen LogP contribution in [0, 0.1) is 0 Å². The number of hydrogen-bond donors (Lipinski definition) is 1. The molecule has 0 aliphatic carbocycles. The van der Waals surface area contributed by atoms with Gasteiger partial charge in [0.05, 0.1) is 11.5 Å². The van der Waals surface area contributed by atoms with E-state index in [0.29, 0.717) is 13.2 Å². The fourth-order valence-electron chi connectivity index (χ4n) is 1.67. The van der Waals surface area contributed by atoms with Gasteiger partial charge in [-0.2, -0.15) is 0 Å². The van der Waals surface area contributed by atoms with Crippen LogP contribution in [-0.2, 0) is 17.6 Å². The van der Waals surface area contributed by atoms with Crippen LogP contribution >= 0.6 is 11.3 Å². The van der Waals surface area contributed by atoms with Crippen LogP contribution in [0.1, 0.15) is 40.4 Å². The fourth-order valence-corrected chi connectivity index (χ4v) is 2.94. The van der Waals surface area contributed by atoms with Crippen molar-refractivity contribution in [3.8, 4) is 0 Å². The van der Waals surface area contributed by atoms with E-state index in [-0.39, 0.29) is 5.91 Å². The van der Waals surface area contributed by atoms with Crippen molar-refractivity contribution in [2.24, 2.45) is 0 Å². The molecule has 0 saturated heterocycles. The second kappa shape index (κ2) is 7.45. The zero-order valence-corrected chi connectivity index (χ0v) is 11.7. The minimum Gasteiger partial charge on any atom is -0.383 e. The first-order valence-corrected chi connectivity index (χ1v) is 6.93. The third kappa shape index (κ3) is 4.13. The minimum atomic E-state index is 0.0177. The van der Waals surface area contributed by atoms with Gasteiger partial charge in [0.25, 0.3) is 5.91 Å². The summed E-state index contributed by atoms with van der Waals surface area (Å²) in [5.41, 5.74) is 1.31. The van der Waals surface area contributed by atoms with E-state index >= 15 is 0 Å². The van der Waals surface area contributed by atoms with Gasteiger partial charge in [-0.15, -0.1) is 11.3 Å². The fraction of sp³-hybridized carbons (Fsp3) is 0.615. The number of thiophene rings is 1. The molecule has 0 bridgehead atoms. The summed E-state index contributed by atoms with van der Waals surface area (Å²) in [5, 5.41) is 2.85. The third-order valence-electron chi connectivity index (χ3n) is 2.57. The van der Waals surface area contributed by atoms with Gasteiger partial charge in [-0.1, -0.05) is 20.3 Å². The molecule has 1 rings (SSSR count). The van der Waals surface area contributed by atoms with Crippen LogP contribution in [0.4, 0.5) is 0 Å². The SMILES string of the molecule is CCCc1sc(C(=O)NCCOC)cc1CC. The van der Waals surface area contributed by atoms with Crippen LogP contribution in [0.15, 0.2) is 6.07 Å². The average Bonchev–Trinajstić information content (AvgIpc) is 2.73. The molecule has 0 spiro atoms. The molecule has 1 aromatic rings. The van der Waals surface area contributed by atoms with E-state index in [2.05, 4.69) is 19.2 Å². The van der Waals surface area contributed by atoms with E-state index in [4.69, 9.17) is 4.74 Å². The second-order valence-electron chi connectivity index (χ2n) is 3.91. The van der Waals surface area contributed by atoms with Crippen molar-refractivity contribution in [2.75, 3.05) is 20.3 Å². The average molecular weight is 255 g/mol. The quantitative estimate of drug-likeness (QED) is 0.761. The standard InChI is InChI=1S/C13H21NO2S/c1-4-6-11-10(5-2)9-12(17-11)13(15)14-7-8-16-3/h9H,4-8H2,1-3H3,(H,14,15). The highest BCUT2D eigenvalue weighted by Gasteiger charge is 2.12. The molecular weight excluding hydrogens is 234 g/mol. The van der Waals surface area contributed by atoms with Crippen molar-refractivity contribution in [3.05, 3.63) is 21.4 Å². The second-order valence-corrected chi connectivity index (χ2v) is 5.05. The van der Waals surface area contributed by atoms with Crippen LogP contribution in [0.3, 0.4) is 0 Å². The zero-order chi connectivity index (χ0) is 12.7. The number of ether oxygens (including phenoxy) is 1. The van der Waals surface area contributed by atoms with Gasteiger partial charge < -0.3 is 10.1 Å². The Labute approximate surface area is 107 Å². The van der Waals surface area contributed by atoms with Crippen molar-refractivity contribution in [3.63, 3.8) is 0 Å². The van der Waals surface area contributed by atoms with Crippen LogP contribution in [-0.4, -0.2) is 26.2 Å². The van der Waals surface area contributed by atoms with Crippen molar-refractivity contribution in [1.29, 1.82) is 0 Å². The highest BCUT2D eigenvalue weighted by molar-refractivity contribution is 7.14. The first-order valence-electron chi connectivity index (χ1n) is 6.11. The highest BCUT2D eigenvalue weighted by atomic mass is 32.1. The molecule has 1 heterocycles. The molecule has 0 aliphatic heterocycles. The Morgan fingerprint density at radius 2 is 2.24 bits per heavy atom. The summed E-state index contributed by atoms with van der Waals surface area (Å²) in [6.45, 7) is 5.42. The lowest BCUT2D eigenvalue weighted by atomic mass is 10.1. The van der Waals surface area contributed by atoms with E-state index in [1.807, 2.05) is 6.07 Å². The topological polar surface area (TPSA) is 38.3 Å². The van der Waals surface area contributed by atoms with Crippen molar-refractivity contribution < 1.29 is 9.53 Å². The number of carbonyl (C=O) groups is 1. The summed E-state index contributed by atoms with van der Waals surface area (Å²) in [5.74, 6) is 0.0177. The predicted octanol–water partition coefficient (Wildman–Crippen LogP) is 2.64. The Morgan fingerprint density at radius 1 is 1.47 bits per heavy atom. The number of methoxy groups -OCH3 is 1. The van der Waals surface area contributed by atoms with Crippen LogP contribution in [0.5, 0.6) is 0 Å². The van der Waals surface area contributed by atoms with Gasteiger partial charge in [0.1, 0.15) is 0 Å². The van der Waals surface area contributed by atoms with E-state index in [0.717, 1.165) is 24.1 Å². The molecule has 96 valence electrons.